The second-order valence-electron chi connectivity index (χ2n) is 4.15. The number of methoxy groups -OCH3 is 1. The highest BCUT2D eigenvalue weighted by Gasteiger charge is 2.13. The van der Waals surface area contributed by atoms with E-state index >= 15 is 0 Å². The van der Waals surface area contributed by atoms with Gasteiger partial charge in [-0.2, -0.15) is 0 Å². The molecule has 1 amide bonds. The molecule has 0 unspecified atom stereocenters. The van der Waals surface area contributed by atoms with Crippen LogP contribution in [0.2, 0.25) is 0 Å². The van der Waals surface area contributed by atoms with E-state index in [1.54, 1.807) is 31.4 Å². The molecule has 1 aromatic carbocycles. The van der Waals surface area contributed by atoms with Gasteiger partial charge in [-0.25, -0.2) is 0 Å². The third-order valence-electron chi connectivity index (χ3n) is 2.68. The van der Waals surface area contributed by atoms with E-state index in [9.17, 15) is 4.79 Å². The van der Waals surface area contributed by atoms with E-state index in [1.807, 2.05) is 6.07 Å². The number of furan rings is 1. The van der Waals surface area contributed by atoms with Crippen LogP contribution in [0.15, 0.2) is 39.2 Å². The largest absolute Gasteiger partial charge is 0.451 e. The predicted molar refractivity (Wildman–Crippen MR) is 80.5 cm³/mol. The Bertz CT molecular complexity index is 610. The van der Waals surface area contributed by atoms with E-state index in [4.69, 9.17) is 14.9 Å². The molecule has 5 nitrogen and oxygen atoms in total. The van der Waals surface area contributed by atoms with Gasteiger partial charge in [-0.05, 0) is 46.3 Å². The van der Waals surface area contributed by atoms with Gasteiger partial charge < -0.3 is 20.2 Å². The first-order chi connectivity index (χ1) is 9.61. The van der Waals surface area contributed by atoms with Crippen molar-refractivity contribution in [3.8, 4) is 11.3 Å². The topological polar surface area (TPSA) is 77.5 Å². The Morgan fingerprint density at radius 2 is 2.20 bits per heavy atom. The summed E-state index contributed by atoms with van der Waals surface area (Å²) in [5, 5.41) is 2.70. The van der Waals surface area contributed by atoms with Gasteiger partial charge >= 0.3 is 0 Å². The molecule has 1 heterocycles. The molecule has 0 saturated heterocycles. The van der Waals surface area contributed by atoms with Crippen molar-refractivity contribution in [1.82, 2.24) is 5.32 Å². The molecule has 6 heteroatoms. The molecule has 0 bridgehead atoms. The Balaban J connectivity index is 2.14. The van der Waals surface area contributed by atoms with Gasteiger partial charge in [-0.1, -0.05) is 0 Å². The highest BCUT2D eigenvalue weighted by Crippen LogP contribution is 2.31. The monoisotopic (exact) mass is 338 g/mol. The summed E-state index contributed by atoms with van der Waals surface area (Å²) in [6.07, 6.45) is 0. The molecule has 0 fully saturated rings. The number of halogens is 1. The van der Waals surface area contributed by atoms with Crippen LogP contribution in [0, 0.1) is 0 Å². The van der Waals surface area contributed by atoms with Crippen LogP contribution < -0.4 is 11.1 Å². The van der Waals surface area contributed by atoms with Gasteiger partial charge in [-0.3, -0.25) is 4.79 Å². The number of nitrogens with two attached hydrogens (primary N) is 1. The Labute approximate surface area is 125 Å². The van der Waals surface area contributed by atoms with Gasteiger partial charge in [0.25, 0.3) is 5.91 Å². The average molecular weight is 339 g/mol. The van der Waals surface area contributed by atoms with E-state index in [0.29, 0.717) is 24.6 Å². The molecule has 2 rings (SSSR count). The standard InChI is InChI=1S/C14H15BrN2O3/c1-19-7-6-17-14(18)13-5-4-12(20-13)10-3-2-9(16)8-11(10)15/h2-5,8H,6-7,16H2,1H3,(H,17,18). The maximum Gasteiger partial charge on any atom is 0.287 e. The van der Waals surface area contributed by atoms with Gasteiger partial charge in [-0.15, -0.1) is 0 Å². The fourth-order valence-corrected chi connectivity index (χ4v) is 2.28. The minimum Gasteiger partial charge on any atom is -0.451 e. The number of hydrogen-bond acceptors (Lipinski definition) is 4. The normalized spacial score (nSPS) is 10.5. The predicted octanol–water partition coefficient (Wildman–Crippen LogP) is 2.67. The summed E-state index contributed by atoms with van der Waals surface area (Å²) >= 11 is 3.42. The first-order valence-electron chi connectivity index (χ1n) is 6.04. The second-order valence-corrected chi connectivity index (χ2v) is 5.01. The lowest BCUT2D eigenvalue weighted by Gasteiger charge is -2.03. The molecule has 106 valence electrons. The highest BCUT2D eigenvalue weighted by molar-refractivity contribution is 9.10. The molecule has 0 spiro atoms. The van der Waals surface area contributed by atoms with Crippen molar-refractivity contribution in [2.45, 2.75) is 0 Å². The quantitative estimate of drug-likeness (QED) is 0.649. The SMILES string of the molecule is COCCNC(=O)c1ccc(-c2ccc(N)cc2Br)o1. The van der Waals surface area contributed by atoms with Gasteiger partial charge in [0.1, 0.15) is 5.76 Å². The number of carbonyl (C=O) groups excluding carboxylic acids is 1. The number of nitrogens with one attached hydrogen (secondary N) is 1. The summed E-state index contributed by atoms with van der Waals surface area (Å²) in [5.41, 5.74) is 7.19. The van der Waals surface area contributed by atoms with Crippen molar-refractivity contribution in [2.24, 2.45) is 0 Å². The van der Waals surface area contributed by atoms with Crippen LogP contribution in [0.4, 0.5) is 5.69 Å². The third-order valence-corrected chi connectivity index (χ3v) is 3.34. The zero-order valence-corrected chi connectivity index (χ0v) is 12.6. The minimum atomic E-state index is -0.264. The Kier molecular flexibility index (Phi) is 4.81. The lowest BCUT2D eigenvalue weighted by atomic mass is 10.1. The van der Waals surface area contributed by atoms with Gasteiger partial charge in [0.2, 0.25) is 0 Å². The lowest BCUT2D eigenvalue weighted by Crippen LogP contribution is -2.26. The zero-order chi connectivity index (χ0) is 14.5. The van der Waals surface area contributed by atoms with E-state index in [-0.39, 0.29) is 11.7 Å². The molecule has 0 atom stereocenters. The molecule has 0 aliphatic rings. The summed E-state index contributed by atoms with van der Waals surface area (Å²) in [4.78, 5) is 11.8. The molecular formula is C14H15BrN2O3. The number of ether oxygens (including phenoxy) is 1. The molecule has 3 N–H and O–H groups in total. The molecule has 0 aliphatic carbocycles. The Morgan fingerprint density at radius 1 is 1.40 bits per heavy atom. The second kappa shape index (κ2) is 6.58. The van der Waals surface area contributed by atoms with E-state index < -0.39 is 0 Å². The maximum absolute atomic E-state index is 11.8. The fraction of sp³-hybridized carbons (Fsp3) is 0.214. The molecule has 2 aromatic rings. The summed E-state index contributed by atoms with van der Waals surface area (Å²) in [7, 11) is 1.58. The fourth-order valence-electron chi connectivity index (χ4n) is 1.69. The van der Waals surface area contributed by atoms with E-state index in [2.05, 4.69) is 21.2 Å². The number of hydrogen-bond donors (Lipinski definition) is 2. The van der Waals surface area contributed by atoms with Crippen LogP contribution in [0.1, 0.15) is 10.6 Å². The summed E-state index contributed by atoms with van der Waals surface area (Å²) < 4.78 is 11.2. The summed E-state index contributed by atoms with van der Waals surface area (Å²) in [5.74, 6) is 0.605. The van der Waals surface area contributed by atoms with Gasteiger partial charge in [0.05, 0.1) is 6.61 Å². The molecular weight excluding hydrogens is 324 g/mol. The maximum atomic E-state index is 11.8. The minimum absolute atomic E-state index is 0.264. The van der Waals surface area contributed by atoms with Crippen molar-refractivity contribution < 1.29 is 13.9 Å². The Morgan fingerprint density at radius 3 is 2.90 bits per heavy atom. The number of amides is 1. The van der Waals surface area contributed by atoms with Crippen molar-refractivity contribution in [1.29, 1.82) is 0 Å². The van der Waals surface area contributed by atoms with E-state index in [0.717, 1.165) is 10.0 Å². The van der Waals surface area contributed by atoms with Crippen molar-refractivity contribution in [3.05, 3.63) is 40.6 Å². The lowest BCUT2D eigenvalue weighted by molar-refractivity contribution is 0.0910. The first kappa shape index (κ1) is 14.6. The molecule has 20 heavy (non-hydrogen) atoms. The summed E-state index contributed by atoms with van der Waals surface area (Å²) in [6.45, 7) is 0.903. The number of benzene rings is 1. The van der Waals surface area contributed by atoms with Crippen LogP contribution >= 0.6 is 15.9 Å². The average Bonchev–Trinajstić information content (AvgIpc) is 2.88. The van der Waals surface area contributed by atoms with Crippen molar-refractivity contribution >= 4 is 27.5 Å². The zero-order valence-electron chi connectivity index (χ0n) is 11.0. The van der Waals surface area contributed by atoms with Crippen LogP contribution in [0.25, 0.3) is 11.3 Å². The third kappa shape index (κ3) is 3.40. The van der Waals surface area contributed by atoms with Crippen LogP contribution in [0.3, 0.4) is 0 Å². The smallest absolute Gasteiger partial charge is 0.287 e. The number of rotatable bonds is 5. The van der Waals surface area contributed by atoms with Crippen LogP contribution in [-0.4, -0.2) is 26.2 Å². The number of carbonyl (C=O) groups is 1. The number of anilines is 1. The van der Waals surface area contributed by atoms with Crippen molar-refractivity contribution in [3.63, 3.8) is 0 Å². The Hall–Kier alpha value is -1.79. The van der Waals surface area contributed by atoms with Gasteiger partial charge in [0.15, 0.2) is 5.76 Å². The van der Waals surface area contributed by atoms with Gasteiger partial charge in [0, 0.05) is 29.4 Å². The van der Waals surface area contributed by atoms with Crippen LogP contribution in [0.5, 0.6) is 0 Å². The van der Waals surface area contributed by atoms with Crippen molar-refractivity contribution in [2.75, 3.05) is 26.0 Å². The molecule has 0 saturated carbocycles. The van der Waals surface area contributed by atoms with Crippen LogP contribution in [-0.2, 0) is 4.74 Å². The molecule has 0 aliphatic heterocycles. The highest BCUT2D eigenvalue weighted by atomic mass is 79.9. The van der Waals surface area contributed by atoms with E-state index in [1.165, 1.54) is 0 Å². The number of nitrogen functional groups attached to an aromatic ring is 1. The summed E-state index contributed by atoms with van der Waals surface area (Å²) in [6, 6.07) is 8.80. The first-order valence-corrected chi connectivity index (χ1v) is 6.83. The molecule has 1 aromatic heterocycles. The molecule has 0 radical (unpaired) electrons.